The van der Waals surface area contributed by atoms with Gasteiger partial charge in [0.1, 0.15) is 11.4 Å². The highest BCUT2D eigenvalue weighted by molar-refractivity contribution is 7.17. The summed E-state index contributed by atoms with van der Waals surface area (Å²) in [5.74, 6) is -1.67. The minimum Gasteiger partial charge on any atom is -0.461 e. The second kappa shape index (κ2) is 8.62. The maximum Gasteiger partial charge on any atom is 0.420 e. The standard InChI is InChI=1S/C20H21N3O6S/c1-10(2)9-28-18(26)17-11(3)21-19(30-17)22-16(25)8-23-14-6-5-13(12(4)24)7-15(14)29-20(23)27/h5-7,10H,8-9H2,1-4H3,(H,21,22,25). The van der Waals surface area contributed by atoms with Crippen LogP contribution in [0.25, 0.3) is 11.1 Å². The molecule has 0 fully saturated rings. The number of carbonyl (C=O) groups is 3. The molecule has 0 aliphatic heterocycles. The van der Waals surface area contributed by atoms with Crippen LogP contribution in [-0.2, 0) is 16.1 Å². The van der Waals surface area contributed by atoms with Gasteiger partial charge in [-0.05, 0) is 38.0 Å². The molecule has 30 heavy (non-hydrogen) atoms. The van der Waals surface area contributed by atoms with E-state index in [1.165, 1.54) is 13.0 Å². The van der Waals surface area contributed by atoms with Gasteiger partial charge in [0.25, 0.3) is 0 Å². The number of carbonyl (C=O) groups excluding carboxylic acids is 3. The number of nitrogens with one attached hydrogen (secondary N) is 1. The number of nitrogens with zero attached hydrogens (tertiary/aromatic N) is 2. The molecule has 158 valence electrons. The van der Waals surface area contributed by atoms with E-state index in [2.05, 4.69) is 10.3 Å². The predicted octanol–water partition coefficient (Wildman–Crippen LogP) is 3.01. The van der Waals surface area contributed by atoms with E-state index in [1.54, 1.807) is 19.1 Å². The van der Waals surface area contributed by atoms with Crippen molar-refractivity contribution in [3.63, 3.8) is 0 Å². The fourth-order valence-corrected chi connectivity index (χ4v) is 3.56. The Kier molecular flexibility index (Phi) is 6.16. The number of Topliss-reactive ketones (excluding diaryl/α,β-unsaturated/α-hetero) is 1. The Morgan fingerprint density at radius 2 is 2.03 bits per heavy atom. The zero-order valence-electron chi connectivity index (χ0n) is 17.0. The summed E-state index contributed by atoms with van der Waals surface area (Å²) in [5.41, 5.74) is 1.48. The van der Waals surface area contributed by atoms with Crippen molar-refractivity contribution in [2.24, 2.45) is 5.92 Å². The van der Waals surface area contributed by atoms with Gasteiger partial charge in [0.15, 0.2) is 16.5 Å². The van der Waals surface area contributed by atoms with Gasteiger partial charge in [-0.15, -0.1) is 0 Å². The van der Waals surface area contributed by atoms with Crippen molar-refractivity contribution in [1.29, 1.82) is 0 Å². The van der Waals surface area contributed by atoms with Gasteiger partial charge in [-0.25, -0.2) is 14.6 Å². The first-order chi connectivity index (χ1) is 14.2. The van der Waals surface area contributed by atoms with Crippen molar-refractivity contribution in [3.8, 4) is 0 Å². The predicted molar refractivity (Wildman–Crippen MR) is 111 cm³/mol. The number of ether oxygens (including phenoxy) is 1. The number of aromatic nitrogens is 2. The highest BCUT2D eigenvalue weighted by Gasteiger charge is 2.19. The number of esters is 1. The molecular formula is C20H21N3O6S. The fourth-order valence-electron chi connectivity index (χ4n) is 2.68. The van der Waals surface area contributed by atoms with E-state index >= 15 is 0 Å². The molecule has 0 saturated carbocycles. The van der Waals surface area contributed by atoms with E-state index in [9.17, 15) is 19.2 Å². The van der Waals surface area contributed by atoms with Crippen LogP contribution in [0.2, 0.25) is 0 Å². The van der Waals surface area contributed by atoms with Crippen molar-refractivity contribution in [2.75, 3.05) is 11.9 Å². The zero-order valence-corrected chi connectivity index (χ0v) is 17.8. The molecule has 0 atom stereocenters. The lowest BCUT2D eigenvalue weighted by Gasteiger charge is -2.05. The van der Waals surface area contributed by atoms with Crippen LogP contribution < -0.4 is 11.1 Å². The van der Waals surface area contributed by atoms with Crippen molar-refractivity contribution >= 4 is 45.2 Å². The molecule has 0 radical (unpaired) electrons. The van der Waals surface area contributed by atoms with Crippen molar-refractivity contribution < 1.29 is 23.5 Å². The van der Waals surface area contributed by atoms with Crippen LogP contribution in [0.3, 0.4) is 0 Å². The van der Waals surface area contributed by atoms with Gasteiger partial charge < -0.3 is 14.5 Å². The molecule has 1 aromatic carbocycles. The van der Waals surface area contributed by atoms with Gasteiger partial charge in [-0.2, -0.15) is 0 Å². The number of hydrogen-bond donors (Lipinski definition) is 1. The largest absolute Gasteiger partial charge is 0.461 e. The molecule has 0 aliphatic carbocycles. The first-order valence-electron chi connectivity index (χ1n) is 9.24. The molecule has 2 heterocycles. The second-order valence-corrected chi connectivity index (χ2v) is 8.17. The Balaban J connectivity index is 1.74. The third kappa shape index (κ3) is 4.65. The van der Waals surface area contributed by atoms with Gasteiger partial charge in [0.2, 0.25) is 5.91 Å². The normalized spacial score (nSPS) is 11.1. The summed E-state index contributed by atoms with van der Waals surface area (Å²) in [5, 5.41) is 2.82. The lowest BCUT2D eigenvalue weighted by molar-refractivity contribution is -0.116. The number of benzene rings is 1. The zero-order chi connectivity index (χ0) is 22.0. The van der Waals surface area contributed by atoms with E-state index in [0.717, 1.165) is 15.9 Å². The summed E-state index contributed by atoms with van der Waals surface area (Å²) in [4.78, 5) is 52.7. The van der Waals surface area contributed by atoms with Gasteiger partial charge in [0, 0.05) is 5.56 Å². The molecule has 0 saturated heterocycles. The number of fused-ring (bicyclic) bond motifs is 1. The molecule has 0 spiro atoms. The Morgan fingerprint density at radius 1 is 1.30 bits per heavy atom. The second-order valence-electron chi connectivity index (χ2n) is 7.17. The van der Waals surface area contributed by atoms with Crippen LogP contribution in [-0.4, -0.2) is 33.8 Å². The van der Waals surface area contributed by atoms with E-state index in [1.807, 2.05) is 13.8 Å². The maximum absolute atomic E-state index is 12.4. The lowest BCUT2D eigenvalue weighted by atomic mass is 10.1. The first-order valence-corrected chi connectivity index (χ1v) is 10.1. The van der Waals surface area contributed by atoms with E-state index in [4.69, 9.17) is 9.15 Å². The number of amides is 1. The Bertz CT molecular complexity index is 1190. The molecule has 1 amide bonds. The minimum absolute atomic E-state index is 0.160. The van der Waals surface area contributed by atoms with Crippen LogP contribution in [0, 0.1) is 12.8 Å². The third-order valence-corrected chi connectivity index (χ3v) is 5.21. The Morgan fingerprint density at radius 3 is 2.70 bits per heavy atom. The summed E-state index contributed by atoms with van der Waals surface area (Å²) in [6, 6.07) is 4.58. The summed E-state index contributed by atoms with van der Waals surface area (Å²) >= 11 is 1.01. The average Bonchev–Trinajstić information content (AvgIpc) is 3.18. The van der Waals surface area contributed by atoms with Crippen molar-refractivity contribution in [3.05, 3.63) is 44.9 Å². The summed E-state index contributed by atoms with van der Waals surface area (Å²) in [6.45, 7) is 6.91. The maximum atomic E-state index is 12.4. The summed E-state index contributed by atoms with van der Waals surface area (Å²) < 4.78 is 11.5. The molecule has 2 aromatic heterocycles. The van der Waals surface area contributed by atoms with E-state index in [0.29, 0.717) is 28.3 Å². The minimum atomic E-state index is -0.714. The third-order valence-electron chi connectivity index (χ3n) is 4.15. The van der Waals surface area contributed by atoms with Gasteiger partial charge >= 0.3 is 11.7 Å². The number of hydrogen-bond acceptors (Lipinski definition) is 8. The molecular weight excluding hydrogens is 410 g/mol. The first kappa shape index (κ1) is 21.4. The van der Waals surface area contributed by atoms with Crippen LogP contribution in [0.1, 0.15) is 46.5 Å². The Hall–Kier alpha value is -3.27. The van der Waals surface area contributed by atoms with Crippen LogP contribution >= 0.6 is 11.3 Å². The number of aryl methyl sites for hydroxylation is 1. The SMILES string of the molecule is CC(=O)c1ccc2c(c1)oc(=O)n2CC(=O)Nc1nc(C)c(C(=O)OCC(C)C)s1. The smallest absolute Gasteiger partial charge is 0.420 e. The number of thiazole rings is 1. The molecule has 1 N–H and O–H groups in total. The number of ketones is 1. The molecule has 3 rings (SSSR count). The molecule has 0 aliphatic rings. The monoisotopic (exact) mass is 431 g/mol. The highest BCUT2D eigenvalue weighted by atomic mass is 32.1. The molecule has 0 bridgehead atoms. The fraction of sp³-hybridized carbons (Fsp3) is 0.350. The van der Waals surface area contributed by atoms with Crippen molar-refractivity contribution in [2.45, 2.75) is 34.2 Å². The average molecular weight is 431 g/mol. The summed E-state index contributed by atoms with van der Waals surface area (Å²) in [6.07, 6.45) is 0. The number of rotatable bonds is 7. The molecule has 9 nitrogen and oxygen atoms in total. The molecule has 3 aromatic rings. The van der Waals surface area contributed by atoms with Crippen LogP contribution in [0.4, 0.5) is 5.13 Å². The Labute approximate surface area is 175 Å². The van der Waals surface area contributed by atoms with Gasteiger partial charge in [0.05, 0.1) is 17.8 Å². The van der Waals surface area contributed by atoms with Gasteiger partial charge in [-0.3, -0.25) is 14.2 Å². The number of anilines is 1. The molecule has 0 unspecified atom stereocenters. The summed E-state index contributed by atoms with van der Waals surface area (Å²) in [7, 11) is 0. The van der Waals surface area contributed by atoms with Crippen molar-refractivity contribution in [1.82, 2.24) is 9.55 Å². The molecule has 10 heteroatoms. The number of oxazole rings is 1. The highest BCUT2D eigenvalue weighted by Crippen LogP contribution is 2.24. The van der Waals surface area contributed by atoms with E-state index in [-0.39, 0.29) is 29.0 Å². The van der Waals surface area contributed by atoms with Crippen LogP contribution in [0.15, 0.2) is 27.4 Å². The van der Waals surface area contributed by atoms with E-state index < -0.39 is 17.6 Å². The lowest BCUT2D eigenvalue weighted by Crippen LogP contribution is -2.24. The topological polar surface area (TPSA) is 121 Å². The van der Waals surface area contributed by atoms with Crippen LogP contribution in [0.5, 0.6) is 0 Å². The quantitative estimate of drug-likeness (QED) is 0.451. The van der Waals surface area contributed by atoms with Gasteiger partial charge in [-0.1, -0.05) is 25.2 Å².